The molecule has 0 spiro atoms. The molecule has 0 fully saturated rings. The van der Waals surface area contributed by atoms with Gasteiger partial charge < -0.3 is 28.4 Å². The second kappa shape index (κ2) is 10.1. The van der Waals surface area contributed by atoms with Gasteiger partial charge in [-0.25, -0.2) is 15.1 Å². The van der Waals surface area contributed by atoms with E-state index in [0.29, 0.717) is 0 Å². The first kappa shape index (κ1) is 15.7. The maximum atomic E-state index is 10.2. The van der Waals surface area contributed by atoms with Crippen molar-refractivity contribution < 1.29 is 37.1 Å². The van der Waals surface area contributed by atoms with Crippen LogP contribution in [0.3, 0.4) is 0 Å². The molecule has 0 aromatic heterocycles. The molecular weight excluding hydrogens is 232 g/mol. The van der Waals surface area contributed by atoms with Crippen molar-refractivity contribution >= 4 is 23.1 Å². The third kappa shape index (κ3) is 19.4. The normalized spacial score (nSPS) is 5.00. The molecule has 0 radical (unpaired) electrons. The van der Waals surface area contributed by atoms with E-state index in [1.54, 1.807) is 0 Å². The van der Waals surface area contributed by atoms with E-state index < -0.39 is 6.08 Å². The van der Waals surface area contributed by atoms with E-state index in [9.17, 15) is 13.2 Å². The first-order valence-electron chi connectivity index (χ1n) is 0.817. The van der Waals surface area contributed by atoms with E-state index in [0.717, 1.165) is 0 Å². The Morgan fingerprint density at radius 3 is 1.43 bits per heavy atom. The number of halogens is 4. The van der Waals surface area contributed by atoms with Gasteiger partial charge in [-0.05, 0) is 0 Å². The Kier molecular flexibility index (Phi) is 22.6. The molecule has 7 heavy (non-hydrogen) atoms. The molecule has 0 aliphatic carbocycles. The first-order valence-corrected chi connectivity index (χ1v) is 0.817. The molecule has 38 valence electrons. The summed E-state index contributed by atoms with van der Waals surface area (Å²) in [5, 5.41) is 0. The number of hydrogen-bond acceptors (Lipinski definition) is 0. The van der Waals surface area contributed by atoms with E-state index in [1.165, 1.54) is 0 Å². The molecule has 0 atom stereocenters. The van der Waals surface area contributed by atoms with E-state index in [-0.39, 0.29) is 53.4 Å². The van der Waals surface area contributed by atoms with Gasteiger partial charge in [-0.3, -0.25) is 0 Å². The predicted octanol–water partition coefficient (Wildman–Crippen LogP) is -1.88. The minimum absolute atomic E-state index is 0. The van der Waals surface area contributed by atoms with Crippen LogP contribution in [0.5, 0.6) is 0 Å². The summed E-state index contributed by atoms with van der Waals surface area (Å²) in [4.78, 5) is 0. The van der Waals surface area contributed by atoms with Crippen molar-refractivity contribution in [3.8, 4) is 0 Å². The maximum absolute atomic E-state index is 10.2. The SMILES string of the molecule is F[C-]=C(F)F.[I-].[Mg+2]. The van der Waals surface area contributed by atoms with Crippen molar-refractivity contribution in [1.29, 1.82) is 0 Å². The van der Waals surface area contributed by atoms with Crippen LogP contribution in [0.25, 0.3) is 0 Å². The predicted molar refractivity (Wildman–Crippen MR) is 15.8 cm³/mol. The van der Waals surface area contributed by atoms with Gasteiger partial charge >= 0.3 is 23.1 Å². The first-order chi connectivity index (χ1) is 2.27. The van der Waals surface area contributed by atoms with Crippen LogP contribution >= 0.6 is 0 Å². The smallest absolute Gasteiger partial charge is 1.00 e. The Labute approximate surface area is 72.3 Å². The molecule has 0 amide bonds. The van der Waals surface area contributed by atoms with Gasteiger partial charge in [0, 0.05) is 0 Å². The van der Waals surface area contributed by atoms with Crippen molar-refractivity contribution in [2.75, 3.05) is 0 Å². The molecule has 0 aromatic rings. The van der Waals surface area contributed by atoms with Crippen LogP contribution in [0, 0.1) is 6.33 Å². The molecule has 0 aliphatic rings. The molecule has 0 unspecified atom stereocenters. The summed E-state index contributed by atoms with van der Waals surface area (Å²) in [6.45, 7) is 0. The third-order valence-electron chi connectivity index (χ3n) is 0.0714. The monoisotopic (exact) mass is 232 g/mol. The van der Waals surface area contributed by atoms with E-state index in [2.05, 4.69) is 0 Å². The van der Waals surface area contributed by atoms with Gasteiger partial charge in [0.1, 0.15) is 6.08 Å². The zero-order chi connectivity index (χ0) is 4.28. The summed E-state index contributed by atoms with van der Waals surface area (Å²) >= 11 is 0. The van der Waals surface area contributed by atoms with Crippen molar-refractivity contribution in [2.45, 2.75) is 0 Å². The Morgan fingerprint density at radius 2 is 1.43 bits per heavy atom. The summed E-state index contributed by atoms with van der Waals surface area (Å²) in [6, 6.07) is 0. The van der Waals surface area contributed by atoms with Crippen molar-refractivity contribution in [3.05, 3.63) is 12.4 Å². The second-order valence-electron chi connectivity index (χ2n) is 0.355. The summed E-state index contributed by atoms with van der Waals surface area (Å²) in [5.41, 5.74) is 0. The van der Waals surface area contributed by atoms with Gasteiger partial charge in [-0.1, -0.05) is 0 Å². The molecule has 0 N–H and O–H groups in total. The van der Waals surface area contributed by atoms with Crippen molar-refractivity contribution in [2.24, 2.45) is 0 Å². The Balaban J connectivity index is -0.0000000800. The molecule has 0 aromatic carbocycles. The Bertz CT molecular complexity index is 50.9. The summed E-state index contributed by atoms with van der Waals surface area (Å²) < 4.78 is 30.5. The molecule has 0 nitrogen and oxygen atoms in total. The molecule has 0 bridgehead atoms. The summed E-state index contributed by atoms with van der Waals surface area (Å²) in [5.74, 6) is 0. The van der Waals surface area contributed by atoms with Crippen LogP contribution in [0.2, 0.25) is 0 Å². The van der Waals surface area contributed by atoms with Gasteiger partial charge in [-0.15, -0.1) is 0 Å². The van der Waals surface area contributed by atoms with Gasteiger partial charge in [-0.2, -0.15) is 0 Å². The van der Waals surface area contributed by atoms with E-state index in [1.807, 2.05) is 0 Å². The third-order valence-corrected chi connectivity index (χ3v) is 0.0714. The zero-order valence-electron chi connectivity index (χ0n) is 3.22. The maximum Gasteiger partial charge on any atom is 2.00 e. The molecule has 0 heterocycles. The van der Waals surface area contributed by atoms with Crippen LogP contribution in [0.4, 0.5) is 13.2 Å². The zero-order valence-corrected chi connectivity index (χ0v) is 6.79. The van der Waals surface area contributed by atoms with E-state index in [4.69, 9.17) is 0 Å². The van der Waals surface area contributed by atoms with Crippen LogP contribution in [0.1, 0.15) is 0 Å². The molecule has 0 saturated carbocycles. The number of rotatable bonds is 0. The fourth-order valence-electron chi connectivity index (χ4n) is 0. The Morgan fingerprint density at radius 1 is 1.29 bits per heavy atom. The largest absolute Gasteiger partial charge is 2.00 e. The topological polar surface area (TPSA) is 0 Å². The fraction of sp³-hybridized carbons (Fsp3) is 0. The van der Waals surface area contributed by atoms with Crippen molar-refractivity contribution in [1.82, 2.24) is 0 Å². The van der Waals surface area contributed by atoms with Gasteiger partial charge in [0.2, 0.25) is 0 Å². The van der Waals surface area contributed by atoms with Crippen LogP contribution in [-0.2, 0) is 0 Å². The summed E-state index contributed by atoms with van der Waals surface area (Å²) in [7, 11) is 0. The molecular formula is C2F3IMg. The van der Waals surface area contributed by atoms with Gasteiger partial charge in [0.15, 0.2) is 0 Å². The van der Waals surface area contributed by atoms with Crippen LogP contribution in [0.15, 0.2) is 6.08 Å². The van der Waals surface area contributed by atoms with E-state index >= 15 is 0 Å². The average Bonchev–Trinajstić information content (AvgIpc) is 1.38. The Hall–Kier alpha value is 1.03. The molecule has 5 heteroatoms. The molecule has 0 aliphatic heterocycles. The minimum atomic E-state index is -2.41. The standard InChI is InChI=1S/C2F3.HI.Mg/c3-1-2(4)5;;/h;1H;/q-1;;+2/p-1. The average molecular weight is 232 g/mol. The second-order valence-corrected chi connectivity index (χ2v) is 0.355. The van der Waals surface area contributed by atoms with Crippen LogP contribution in [-0.4, -0.2) is 23.1 Å². The minimum Gasteiger partial charge on any atom is -1.00 e. The quantitative estimate of drug-likeness (QED) is 0.260. The van der Waals surface area contributed by atoms with Crippen LogP contribution < -0.4 is 24.0 Å². The van der Waals surface area contributed by atoms with Gasteiger partial charge in [0.05, 0.1) is 0 Å². The van der Waals surface area contributed by atoms with Crippen molar-refractivity contribution in [3.63, 3.8) is 0 Å². The number of hydrogen-bond donors (Lipinski definition) is 0. The molecule has 0 rings (SSSR count). The fourth-order valence-corrected chi connectivity index (χ4v) is 0. The summed E-state index contributed by atoms with van der Waals surface area (Å²) in [6.07, 6.45) is -2.30. The van der Waals surface area contributed by atoms with Gasteiger partial charge in [0.25, 0.3) is 0 Å². The molecule has 0 saturated heterocycles.